The van der Waals surface area contributed by atoms with Gasteiger partial charge in [0.05, 0.1) is 6.61 Å². The zero-order chi connectivity index (χ0) is 25.0. The van der Waals surface area contributed by atoms with Crippen molar-refractivity contribution in [3.05, 3.63) is 76.4 Å². The van der Waals surface area contributed by atoms with Gasteiger partial charge in [-0.2, -0.15) is 0 Å². The molecule has 0 amide bonds. The average Bonchev–Trinajstić information content (AvgIpc) is 3.08. The molecule has 186 valence electrons. The molecule has 2 saturated carbocycles. The minimum absolute atomic E-state index is 0.0730. The second-order valence-electron chi connectivity index (χ2n) is 11.4. The number of carbonyl (C=O) groups is 1. The Morgan fingerprint density at radius 1 is 1.14 bits per heavy atom. The molecule has 0 spiro atoms. The Bertz CT molecular complexity index is 1140. The van der Waals surface area contributed by atoms with Crippen molar-refractivity contribution in [2.75, 3.05) is 25.6 Å². The highest BCUT2D eigenvalue weighted by molar-refractivity contribution is 5.93. The van der Waals surface area contributed by atoms with Crippen LogP contribution < -0.4 is 4.90 Å². The van der Waals surface area contributed by atoms with Crippen molar-refractivity contribution in [3.8, 4) is 0 Å². The van der Waals surface area contributed by atoms with Crippen LogP contribution in [-0.2, 0) is 4.79 Å². The Labute approximate surface area is 209 Å². The number of ketones is 1. The summed E-state index contributed by atoms with van der Waals surface area (Å²) in [6, 6.07) is 8.90. The summed E-state index contributed by atoms with van der Waals surface area (Å²) in [5.74, 6) is 1.19. The summed E-state index contributed by atoms with van der Waals surface area (Å²) in [5.41, 5.74) is 6.35. The first kappa shape index (κ1) is 24.3. The molecule has 35 heavy (non-hydrogen) atoms. The van der Waals surface area contributed by atoms with E-state index < -0.39 is 5.60 Å². The zero-order valence-corrected chi connectivity index (χ0v) is 21.6. The third-order valence-electron chi connectivity index (χ3n) is 9.55. The maximum absolute atomic E-state index is 12.3. The minimum Gasteiger partial charge on any atom is -0.392 e. The van der Waals surface area contributed by atoms with E-state index in [-0.39, 0.29) is 23.7 Å². The lowest BCUT2D eigenvalue weighted by molar-refractivity contribution is -0.114. The maximum Gasteiger partial charge on any atom is 0.156 e. The van der Waals surface area contributed by atoms with Gasteiger partial charge in [-0.15, -0.1) is 0 Å². The Kier molecular flexibility index (Phi) is 6.17. The smallest absolute Gasteiger partial charge is 0.156 e. The van der Waals surface area contributed by atoms with Crippen molar-refractivity contribution in [1.29, 1.82) is 0 Å². The van der Waals surface area contributed by atoms with Crippen LogP contribution in [0.1, 0.15) is 63.9 Å². The number of benzene rings is 1. The Morgan fingerprint density at radius 3 is 2.54 bits per heavy atom. The molecule has 2 fully saturated rings. The van der Waals surface area contributed by atoms with E-state index in [0.29, 0.717) is 18.3 Å². The molecule has 5 atom stereocenters. The number of hydrogen-bond donors (Lipinski definition) is 2. The number of allylic oxidation sites excluding steroid dienone is 5. The normalized spacial score (nSPS) is 35.7. The van der Waals surface area contributed by atoms with Crippen molar-refractivity contribution in [2.45, 2.75) is 63.9 Å². The van der Waals surface area contributed by atoms with Gasteiger partial charge in [0.1, 0.15) is 5.60 Å². The highest BCUT2D eigenvalue weighted by Crippen LogP contribution is 2.68. The molecule has 0 aromatic heterocycles. The van der Waals surface area contributed by atoms with Gasteiger partial charge in [0.15, 0.2) is 5.78 Å². The minimum atomic E-state index is -1.06. The van der Waals surface area contributed by atoms with Crippen molar-refractivity contribution in [3.63, 3.8) is 0 Å². The van der Waals surface area contributed by atoms with E-state index in [9.17, 15) is 15.0 Å². The first-order chi connectivity index (χ1) is 16.7. The van der Waals surface area contributed by atoms with Crippen LogP contribution in [-0.4, -0.2) is 42.3 Å². The lowest BCUT2D eigenvalue weighted by atomic mass is 9.51. The average molecular weight is 474 g/mol. The molecule has 0 saturated heterocycles. The van der Waals surface area contributed by atoms with Crippen molar-refractivity contribution >= 4 is 11.5 Å². The third kappa shape index (κ3) is 3.68. The van der Waals surface area contributed by atoms with E-state index in [1.165, 1.54) is 28.0 Å². The highest BCUT2D eigenvalue weighted by atomic mass is 16.3. The topological polar surface area (TPSA) is 60.8 Å². The number of rotatable bonds is 4. The first-order valence-electron chi connectivity index (χ1n) is 13.1. The van der Waals surface area contributed by atoms with Gasteiger partial charge in [-0.1, -0.05) is 42.9 Å². The van der Waals surface area contributed by atoms with Gasteiger partial charge in [-0.3, -0.25) is 4.79 Å². The zero-order valence-electron chi connectivity index (χ0n) is 21.6. The van der Waals surface area contributed by atoms with Crippen molar-refractivity contribution in [1.82, 2.24) is 0 Å². The summed E-state index contributed by atoms with van der Waals surface area (Å²) < 4.78 is 0. The van der Waals surface area contributed by atoms with E-state index in [1.54, 1.807) is 6.08 Å². The largest absolute Gasteiger partial charge is 0.392 e. The number of aliphatic hydroxyl groups excluding tert-OH is 1. The van der Waals surface area contributed by atoms with Gasteiger partial charge < -0.3 is 15.1 Å². The second-order valence-corrected chi connectivity index (χ2v) is 11.4. The fourth-order valence-corrected chi connectivity index (χ4v) is 7.75. The number of fused-ring (bicyclic) bond motifs is 4. The molecule has 0 radical (unpaired) electrons. The van der Waals surface area contributed by atoms with Crippen molar-refractivity contribution in [2.24, 2.45) is 17.3 Å². The molecular formula is C31H39NO3. The van der Waals surface area contributed by atoms with E-state index in [2.05, 4.69) is 56.3 Å². The molecule has 0 heterocycles. The molecule has 0 aliphatic heterocycles. The number of hydrogen-bond acceptors (Lipinski definition) is 4. The fourth-order valence-electron chi connectivity index (χ4n) is 7.75. The highest BCUT2D eigenvalue weighted by Gasteiger charge is 2.63. The van der Waals surface area contributed by atoms with Gasteiger partial charge in [0.25, 0.3) is 0 Å². The molecule has 1 aromatic carbocycles. The molecule has 5 rings (SSSR count). The summed E-state index contributed by atoms with van der Waals surface area (Å²) >= 11 is 0. The van der Waals surface area contributed by atoms with Crippen LogP contribution in [0.2, 0.25) is 0 Å². The summed E-state index contributed by atoms with van der Waals surface area (Å²) in [7, 11) is 4.12. The van der Waals surface area contributed by atoms with Gasteiger partial charge in [-0.05, 0) is 91.4 Å². The fraction of sp³-hybridized carbons (Fsp3) is 0.516. The summed E-state index contributed by atoms with van der Waals surface area (Å²) in [4.78, 5) is 14.4. The van der Waals surface area contributed by atoms with Crippen LogP contribution in [0.15, 0.2) is 70.9 Å². The summed E-state index contributed by atoms with van der Waals surface area (Å²) in [6.07, 6.45) is 12.7. The van der Waals surface area contributed by atoms with Gasteiger partial charge in [-0.25, -0.2) is 0 Å². The predicted molar refractivity (Wildman–Crippen MR) is 141 cm³/mol. The van der Waals surface area contributed by atoms with Crippen LogP contribution in [0.3, 0.4) is 0 Å². The van der Waals surface area contributed by atoms with Crippen LogP contribution in [0.25, 0.3) is 0 Å². The van der Waals surface area contributed by atoms with Gasteiger partial charge >= 0.3 is 0 Å². The lowest BCUT2D eigenvalue weighted by Crippen LogP contribution is -2.51. The first-order valence-corrected chi connectivity index (χ1v) is 13.1. The monoisotopic (exact) mass is 473 g/mol. The quantitative estimate of drug-likeness (QED) is 0.568. The van der Waals surface area contributed by atoms with Crippen LogP contribution in [0, 0.1) is 17.3 Å². The van der Waals surface area contributed by atoms with Gasteiger partial charge in [0.2, 0.25) is 0 Å². The Hall–Kier alpha value is -2.43. The molecule has 4 heteroatoms. The number of aliphatic hydroxyl groups is 2. The number of nitrogens with zero attached hydrogens (tertiary/aromatic N) is 1. The molecule has 4 nitrogen and oxygen atoms in total. The van der Waals surface area contributed by atoms with Crippen LogP contribution in [0.4, 0.5) is 5.69 Å². The summed E-state index contributed by atoms with van der Waals surface area (Å²) in [6.45, 7) is 4.23. The molecule has 4 aliphatic carbocycles. The Morgan fingerprint density at radius 2 is 1.89 bits per heavy atom. The lowest BCUT2D eigenvalue weighted by Gasteiger charge is -2.54. The molecule has 0 unspecified atom stereocenters. The van der Waals surface area contributed by atoms with E-state index in [1.807, 2.05) is 19.1 Å². The number of carbonyl (C=O) groups excluding carboxylic acids is 1. The number of anilines is 1. The van der Waals surface area contributed by atoms with Crippen LogP contribution in [0.5, 0.6) is 0 Å². The van der Waals surface area contributed by atoms with E-state index in [4.69, 9.17) is 0 Å². The van der Waals surface area contributed by atoms with E-state index >= 15 is 0 Å². The molecule has 2 N–H and O–H groups in total. The SMILES string of the molecule is C/C=C1\C[C@H]2[C@@H]3CCC4=CC(=O)CCC4=C3[C@@H](c3ccc(N(C)C)cc3)C[C@]2(C)[C@]1(O)/C=C\CO. The molecule has 4 aliphatic rings. The molecular weight excluding hydrogens is 434 g/mol. The standard InChI is InChI=1S/C31H39NO3/c1-5-22-18-28-26-13-9-21-17-24(34)12-14-25(21)29(26)27(20-7-10-23(11-8-20)32(3)4)19-30(28,2)31(22,35)15-6-16-33/h5-8,10-11,15,17,26-28,33,35H,9,12-14,16,18-19H2,1-4H3/b15-6-,22-5+/t26-,27+,28-,30-,31-/m0/s1. The Balaban J connectivity index is 1.69. The summed E-state index contributed by atoms with van der Waals surface area (Å²) in [5, 5.41) is 21.8. The van der Waals surface area contributed by atoms with Crippen molar-refractivity contribution < 1.29 is 15.0 Å². The predicted octanol–water partition coefficient (Wildman–Crippen LogP) is 5.49. The maximum atomic E-state index is 12.3. The second kappa shape index (κ2) is 8.90. The molecule has 1 aromatic rings. The van der Waals surface area contributed by atoms with Crippen LogP contribution >= 0.6 is 0 Å². The van der Waals surface area contributed by atoms with E-state index in [0.717, 1.165) is 37.7 Å². The van der Waals surface area contributed by atoms with Gasteiger partial charge in [0, 0.05) is 37.5 Å². The third-order valence-corrected chi connectivity index (χ3v) is 9.55. The molecule has 0 bridgehead atoms.